The Kier molecular flexibility index (Phi) is 13.7. The van der Waals surface area contributed by atoms with Crippen LogP contribution in [0.25, 0.3) is 0 Å². The van der Waals surface area contributed by atoms with E-state index in [1.54, 1.807) is 42.5 Å². The van der Waals surface area contributed by atoms with Crippen molar-refractivity contribution in [3.63, 3.8) is 0 Å². The minimum Gasteiger partial charge on any atom is -0.457 e. The molecular weight excluding hydrogens is 721 g/mol. The summed E-state index contributed by atoms with van der Waals surface area (Å²) in [6.45, 7) is 15.5. The molecule has 1 aliphatic carbocycles. The van der Waals surface area contributed by atoms with Gasteiger partial charge >= 0.3 is 5.97 Å². The fourth-order valence-corrected chi connectivity index (χ4v) is 6.38. The molecule has 0 saturated heterocycles. The molecule has 0 heterocycles. The number of para-hydroxylation sites is 1. The third-order valence-electron chi connectivity index (χ3n) is 9.14. The van der Waals surface area contributed by atoms with E-state index in [9.17, 15) is 19.6 Å². The van der Waals surface area contributed by atoms with Gasteiger partial charge in [0.1, 0.15) is 22.1 Å². The van der Waals surface area contributed by atoms with Gasteiger partial charge in [0.25, 0.3) is 11.8 Å². The number of hydrogen-bond donors (Lipinski definition) is 1. The van der Waals surface area contributed by atoms with Gasteiger partial charge in [-0.05, 0) is 113 Å². The Morgan fingerprint density at radius 3 is 2.06 bits per heavy atom. The third-order valence-corrected chi connectivity index (χ3v) is 9.39. The van der Waals surface area contributed by atoms with Gasteiger partial charge in [-0.1, -0.05) is 104 Å². The molecule has 1 fully saturated rings. The highest BCUT2D eigenvalue weighted by Crippen LogP contribution is 2.60. The van der Waals surface area contributed by atoms with Crippen LogP contribution in [0.3, 0.4) is 0 Å². The Morgan fingerprint density at radius 2 is 1.50 bits per heavy atom. The summed E-state index contributed by atoms with van der Waals surface area (Å²) in [7, 11) is 0. The number of nitriles is 1. The SMILES string of the molecule is CC1(C)C(C=C(Cl)Cl)C1C(=O)O[C@H](C#N)c1cccc(Oc2ccccc2)c1.CCc1ccc(C(=O)NN(C(=O)c2cc(C)cc(C)c2)C(C)(C)C)cc1. The maximum atomic E-state index is 13.1. The van der Waals surface area contributed by atoms with Crippen LogP contribution in [0.5, 0.6) is 11.5 Å². The first-order chi connectivity index (χ1) is 25.4. The minimum atomic E-state index is -1.03. The molecule has 8 nitrogen and oxygen atoms in total. The lowest BCUT2D eigenvalue weighted by Crippen LogP contribution is -2.55. The van der Waals surface area contributed by atoms with Gasteiger partial charge in [0.05, 0.1) is 11.5 Å². The Morgan fingerprint density at radius 1 is 0.889 bits per heavy atom. The minimum absolute atomic E-state index is 0.114. The van der Waals surface area contributed by atoms with Gasteiger partial charge in [0.2, 0.25) is 6.10 Å². The van der Waals surface area contributed by atoms with E-state index in [2.05, 4.69) is 12.3 Å². The molecule has 54 heavy (non-hydrogen) atoms. The molecule has 0 radical (unpaired) electrons. The van der Waals surface area contributed by atoms with E-state index in [1.165, 1.54) is 10.6 Å². The molecule has 0 aliphatic heterocycles. The molecule has 0 spiro atoms. The Bertz CT molecular complexity index is 2010. The van der Waals surface area contributed by atoms with Crippen molar-refractivity contribution in [1.82, 2.24) is 10.4 Å². The van der Waals surface area contributed by atoms with Gasteiger partial charge in [-0.3, -0.25) is 19.8 Å². The summed E-state index contributed by atoms with van der Waals surface area (Å²) in [4.78, 5) is 38.4. The Hall–Kier alpha value is -5.10. The highest BCUT2D eigenvalue weighted by Gasteiger charge is 2.62. The fraction of sp³-hybridized carbons (Fsp3) is 0.318. The highest BCUT2D eigenvalue weighted by atomic mass is 35.5. The predicted octanol–water partition coefficient (Wildman–Crippen LogP) is 10.6. The zero-order valence-corrected chi connectivity index (χ0v) is 33.5. The van der Waals surface area contributed by atoms with Crippen molar-refractivity contribution in [1.29, 1.82) is 5.26 Å². The average molecular weight is 769 g/mol. The summed E-state index contributed by atoms with van der Waals surface area (Å²) >= 11 is 11.5. The molecule has 4 aromatic carbocycles. The maximum Gasteiger partial charge on any atom is 0.311 e. The van der Waals surface area contributed by atoms with Crippen molar-refractivity contribution >= 4 is 41.0 Å². The van der Waals surface area contributed by atoms with Crippen LogP contribution in [0, 0.1) is 42.4 Å². The van der Waals surface area contributed by atoms with Gasteiger partial charge < -0.3 is 9.47 Å². The lowest BCUT2D eigenvalue weighted by molar-refractivity contribution is -0.149. The molecule has 1 N–H and O–H groups in total. The summed E-state index contributed by atoms with van der Waals surface area (Å²) in [5.74, 6) is -0.222. The van der Waals surface area contributed by atoms with Gasteiger partial charge in [-0.25, -0.2) is 5.01 Å². The van der Waals surface area contributed by atoms with E-state index in [1.807, 2.05) is 115 Å². The quantitative estimate of drug-likeness (QED) is 0.134. The fourth-order valence-electron chi connectivity index (χ4n) is 6.11. The standard InChI is InChI=1S/C22H19Cl2NO3.C22H28N2O2/c1-22(2)17(12-19(23)24)20(22)21(26)28-18(13-25)14-7-6-10-16(11-14)27-15-8-4-3-5-9-15;1-7-17-8-10-18(11-9-17)20(25)23-24(22(4,5)6)21(26)19-13-15(2)12-16(3)14-19/h3-12,17-18,20H,1-2H3;8-14H,7H2,1-6H3,(H,23,25)/t17?,18-,20?;/m1./s1. The smallest absolute Gasteiger partial charge is 0.311 e. The van der Waals surface area contributed by atoms with Crippen molar-refractivity contribution in [2.24, 2.45) is 17.3 Å². The van der Waals surface area contributed by atoms with Crippen molar-refractivity contribution in [3.8, 4) is 17.6 Å². The number of hydrazine groups is 1. The van der Waals surface area contributed by atoms with Crippen LogP contribution in [0.1, 0.15) is 90.6 Å². The molecular formula is C44H47Cl2N3O5. The molecule has 10 heteroatoms. The topological polar surface area (TPSA) is 109 Å². The van der Waals surface area contributed by atoms with Crippen LogP contribution in [0.4, 0.5) is 0 Å². The maximum absolute atomic E-state index is 13.1. The second kappa shape index (κ2) is 17.8. The van der Waals surface area contributed by atoms with Crippen molar-refractivity contribution < 1.29 is 23.9 Å². The molecule has 282 valence electrons. The van der Waals surface area contributed by atoms with E-state index >= 15 is 0 Å². The number of benzene rings is 4. The first kappa shape index (κ1) is 41.7. The number of amides is 2. The van der Waals surface area contributed by atoms with Crippen LogP contribution in [0.2, 0.25) is 0 Å². The summed E-state index contributed by atoms with van der Waals surface area (Å²) in [5.41, 5.74) is 6.76. The monoisotopic (exact) mass is 767 g/mol. The van der Waals surface area contributed by atoms with E-state index in [0.717, 1.165) is 17.5 Å². The number of aryl methyl sites for hydroxylation is 3. The first-order valence-corrected chi connectivity index (χ1v) is 18.5. The van der Waals surface area contributed by atoms with Crippen LogP contribution in [0.15, 0.2) is 108 Å². The normalized spacial score (nSPS) is 15.9. The molecule has 1 aliphatic rings. The number of carbonyl (C=O) groups excluding carboxylic acids is 3. The van der Waals surface area contributed by atoms with Gasteiger partial charge in [-0.15, -0.1) is 0 Å². The van der Waals surface area contributed by atoms with Crippen LogP contribution in [-0.2, 0) is 16.0 Å². The molecule has 4 aromatic rings. The number of carbonyl (C=O) groups is 3. The van der Waals surface area contributed by atoms with Crippen LogP contribution >= 0.6 is 23.2 Å². The van der Waals surface area contributed by atoms with Gasteiger partial charge in [0.15, 0.2) is 0 Å². The molecule has 2 unspecified atom stereocenters. The summed E-state index contributed by atoms with van der Waals surface area (Å²) in [5, 5.41) is 10.9. The number of hydrogen-bond acceptors (Lipinski definition) is 6. The third kappa shape index (κ3) is 11.0. The number of esters is 1. The van der Waals surface area contributed by atoms with E-state index in [-0.39, 0.29) is 33.6 Å². The molecule has 2 amide bonds. The van der Waals surface area contributed by atoms with Crippen molar-refractivity contribution in [2.75, 3.05) is 0 Å². The van der Waals surface area contributed by atoms with E-state index in [4.69, 9.17) is 32.7 Å². The zero-order valence-electron chi connectivity index (χ0n) is 31.9. The first-order valence-electron chi connectivity index (χ1n) is 17.7. The number of halogens is 2. The largest absolute Gasteiger partial charge is 0.457 e. The van der Waals surface area contributed by atoms with E-state index in [0.29, 0.717) is 28.2 Å². The van der Waals surface area contributed by atoms with Crippen molar-refractivity contribution in [3.05, 3.63) is 141 Å². The number of nitrogens with one attached hydrogen (secondary N) is 1. The molecule has 1 saturated carbocycles. The van der Waals surface area contributed by atoms with Crippen LogP contribution in [-0.4, -0.2) is 28.3 Å². The Labute approximate surface area is 328 Å². The van der Waals surface area contributed by atoms with Crippen molar-refractivity contribution in [2.45, 2.75) is 73.5 Å². The average Bonchev–Trinajstić information content (AvgIpc) is 3.66. The lowest BCUT2D eigenvalue weighted by Gasteiger charge is -2.35. The summed E-state index contributed by atoms with van der Waals surface area (Å²) < 4.78 is 11.4. The second-order valence-electron chi connectivity index (χ2n) is 14.9. The second-order valence-corrected chi connectivity index (χ2v) is 15.9. The zero-order chi connectivity index (χ0) is 39.8. The van der Waals surface area contributed by atoms with E-state index < -0.39 is 17.6 Å². The van der Waals surface area contributed by atoms with Gasteiger partial charge in [-0.2, -0.15) is 5.26 Å². The molecule has 0 aromatic heterocycles. The van der Waals surface area contributed by atoms with Gasteiger partial charge in [0, 0.05) is 16.7 Å². The molecule has 0 bridgehead atoms. The molecule has 3 atom stereocenters. The number of nitrogens with zero attached hydrogens (tertiary/aromatic N) is 2. The number of allylic oxidation sites excluding steroid dienone is 1. The summed E-state index contributed by atoms with van der Waals surface area (Å²) in [6, 6.07) is 31.4. The molecule has 5 rings (SSSR count). The lowest BCUT2D eigenvalue weighted by atomic mass is 10.0. The van der Waals surface area contributed by atoms with Crippen LogP contribution < -0.4 is 10.2 Å². The Balaban J connectivity index is 0.000000241. The summed E-state index contributed by atoms with van der Waals surface area (Å²) in [6.07, 6.45) is 1.53. The number of rotatable bonds is 9. The highest BCUT2D eigenvalue weighted by molar-refractivity contribution is 6.55. The predicted molar refractivity (Wildman–Crippen MR) is 213 cm³/mol. The number of ether oxygens (including phenoxy) is 2.